The monoisotopic (exact) mass is 680 g/mol. The normalized spacial score (nSPS) is 14.7. The van der Waals surface area contributed by atoms with Gasteiger partial charge in [-0.1, -0.05) is 64.9 Å². The van der Waals surface area contributed by atoms with E-state index in [1.165, 1.54) is 11.3 Å². The zero-order chi connectivity index (χ0) is 30.7. The van der Waals surface area contributed by atoms with E-state index in [-0.39, 0.29) is 12.2 Å². The van der Waals surface area contributed by atoms with Crippen LogP contribution in [0, 0.1) is 6.92 Å². The van der Waals surface area contributed by atoms with Crippen LogP contribution in [0.25, 0.3) is 6.08 Å². The van der Waals surface area contributed by atoms with Crippen LogP contribution in [-0.4, -0.2) is 23.8 Å². The topological polar surface area (TPSA) is 79.1 Å². The van der Waals surface area contributed by atoms with Crippen LogP contribution in [0.4, 0.5) is 0 Å². The lowest BCUT2D eigenvalue weighted by Gasteiger charge is -2.24. The molecule has 3 aromatic carbocycles. The number of esters is 1. The second-order valence-corrected chi connectivity index (χ2v) is 12.2. The molecule has 1 aliphatic heterocycles. The average Bonchev–Trinajstić information content (AvgIpc) is 3.26. The molecule has 2 heterocycles. The molecular formula is C33H30BrClN2O5S. The van der Waals surface area contributed by atoms with E-state index in [9.17, 15) is 9.59 Å². The SMILES string of the molecule is CCOC(=O)C1=C(C)N=c2s/c(=C\c3cc(Br)c(OCc4cccc(Cl)c4)c(OCC)c3)c(=O)n2[C@@H]1c1ccc(C)cc1. The fourth-order valence-electron chi connectivity index (χ4n) is 4.86. The number of ether oxygens (including phenoxy) is 3. The zero-order valence-corrected chi connectivity index (χ0v) is 27.3. The molecule has 7 nitrogen and oxygen atoms in total. The summed E-state index contributed by atoms with van der Waals surface area (Å²) in [5, 5.41) is 0.635. The van der Waals surface area contributed by atoms with Gasteiger partial charge < -0.3 is 14.2 Å². The van der Waals surface area contributed by atoms with Crippen LogP contribution >= 0.6 is 38.9 Å². The van der Waals surface area contributed by atoms with E-state index in [4.69, 9.17) is 25.8 Å². The van der Waals surface area contributed by atoms with E-state index in [0.29, 0.717) is 54.8 Å². The number of thiazole rings is 1. The Morgan fingerprint density at radius 2 is 1.84 bits per heavy atom. The number of hydrogen-bond acceptors (Lipinski definition) is 7. The predicted molar refractivity (Wildman–Crippen MR) is 173 cm³/mol. The number of benzene rings is 3. The molecule has 10 heteroatoms. The van der Waals surface area contributed by atoms with Crippen molar-refractivity contribution in [2.24, 2.45) is 4.99 Å². The molecule has 0 bridgehead atoms. The highest BCUT2D eigenvalue weighted by Gasteiger charge is 2.33. The lowest BCUT2D eigenvalue weighted by molar-refractivity contribution is -0.139. The number of fused-ring (bicyclic) bond motifs is 1. The summed E-state index contributed by atoms with van der Waals surface area (Å²) in [7, 11) is 0. The summed E-state index contributed by atoms with van der Waals surface area (Å²) in [6.07, 6.45) is 1.80. The first kappa shape index (κ1) is 30.8. The minimum atomic E-state index is -0.661. The summed E-state index contributed by atoms with van der Waals surface area (Å²) >= 11 is 11.0. The van der Waals surface area contributed by atoms with Crippen molar-refractivity contribution in [1.82, 2.24) is 4.57 Å². The molecule has 43 heavy (non-hydrogen) atoms. The molecule has 5 rings (SSSR count). The first-order valence-corrected chi connectivity index (χ1v) is 15.8. The first-order valence-electron chi connectivity index (χ1n) is 13.8. The van der Waals surface area contributed by atoms with E-state index in [1.54, 1.807) is 24.5 Å². The Hall–Kier alpha value is -3.66. The molecule has 0 unspecified atom stereocenters. The molecule has 0 saturated carbocycles. The lowest BCUT2D eigenvalue weighted by Crippen LogP contribution is -2.39. The third-order valence-electron chi connectivity index (χ3n) is 6.81. The van der Waals surface area contributed by atoms with Gasteiger partial charge in [0.2, 0.25) is 0 Å². The highest BCUT2D eigenvalue weighted by atomic mass is 79.9. The van der Waals surface area contributed by atoms with Crippen LogP contribution in [0.3, 0.4) is 0 Å². The van der Waals surface area contributed by atoms with Gasteiger partial charge in [-0.3, -0.25) is 9.36 Å². The van der Waals surface area contributed by atoms with E-state index in [0.717, 1.165) is 22.3 Å². The highest BCUT2D eigenvalue weighted by molar-refractivity contribution is 9.10. The fraction of sp³-hybridized carbons (Fsp3) is 0.242. The Kier molecular flexibility index (Phi) is 9.54. The molecule has 4 aromatic rings. The average molecular weight is 682 g/mol. The Labute approximate surface area is 266 Å². The molecule has 0 saturated heterocycles. The minimum Gasteiger partial charge on any atom is -0.490 e. The Morgan fingerprint density at radius 1 is 1.07 bits per heavy atom. The van der Waals surface area contributed by atoms with E-state index in [2.05, 4.69) is 20.9 Å². The van der Waals surface area contributed by atoms with E-state index < -0.39 is 12.0 Å². The van der Waals surface area contributed by atoms with Crippen molar-refractivity contribution in [2.75, 3.05) is 13.2 Å². The van der Waals surface area contributed by atoms with Gasteiger partial charge in [0.05, 0.1) is 39.5 Å². The first-order chi connectivity index (χ1) is 20.7. The summed E-state index contributed by atoms with van der Waals surface area (Å²) in [5.74, 6) is 0.604. The smallest absolute Gasteiger partial charge is 0.338 e. The highest BCUT2D eigenvalue weighted by Crippen LogP contribution is 2.38. The molecule has 1 atom stereocenters. The Morgan fingerprint density at radius 3 is 2.53 bits per heavy atom. The van der Waals surface area contributed by atoms with Crippen LogP contribution in [0.5, 0.6) is 11.5 Å². The standard InChI is InChI=1S/C33H30BrClN2O5S/c1-5-40-26-16-22(15-25(34)30(26)42-18-21-8-7-9-24(35)14-21)17-27-31(38)37-29(23-12-10-19(3)11-13-23)28(32(39)41-6-2)20(4)36-33(37)43-27/h7-17,29H,5-6,18H2,1-4H3/b27-17-/t29-/m1/s1. The van der Waals surface area contributed by atoms with Crippen LogP contribution in [-0.2, 0) is 16.1 Å². The number of halogens is 2. The number of allylic oxidation sites excluding steroid dienone is 1. The Balaban J connectivity index is 1.58. The molecular weight excluding hydrogens is 652 g/mol. The summed E-state index contributed by atoms with van der Waals surface area (Å²) < 4.78 is 20.2. The molecule has 0 aliphatic carbocycles. The zero-order valence-electron chi connectivity index (χ0n) is 24.1. The summed E-state index contributed by atoms with van der Waals surface area (Å²) in [5.41, 5.74) is 4.17. The number of aryl methyl sites for hydroxylation is 1. The number of rotatable bonds is 9. The summed E-state index contributed by atoms with van der Waals surface area (Å²) in [4.78, 5) is 32.3. The number of carbonyl (C=O) groups is 1. The van der Waals surface area contributed by atoms with Crippen molar-refractivity contribution < 1.29 is 19.0 Å². The molecule has 0 spiro atoms. The van der Waals surface area contributed by atoms with Crippen LogP contribution in [0.15, 0.2) is 86.2 Å². The fourth-order valence-corrected chi connectivity index (χ4v) is 6.70. The molecule has 222 valence electrons. The molecule has 0 N–H and O–H groups in total. The predicted octanol–water partition coefficient (Wildman–Crippen LogP) is 6.50. The maximum absolute atomic E-state index is 14.0. The molecule has 1 aromatic heterocycles. The second-order valence-electron chi connectivity index (χ2n) is 9.89. The van der Waals surface area contributed by atoms with Crippen molar-refractivity contribution in [3.05, 3.63) is 123 Å². The van der Waals surface area contributed by atoms with Crippen molar-refractivity contribution >= 4 is 50.9 Å². The largest absolute Gasteiger partial charge is 0.490 e. The number of carbonyl (C=O) groups excluding carboxylic acids is 1. The molecule has 0 radical (unpaired) electrons. The molecule has 0 fully saturated rings. The van der Waals surface area contributed by atoms with Crippen LogP contribution < -0.4 is 24.4 Å². The third-order valence-corrected chi connectivity index (χ3v) is 8.62. The van der Waals surface area contributed by atoms with Gasteiger partial charge in [0.1, 0.15) is 6.61 Å². The van der Waals surface area contributed by atoms with Gasteiger partial charge in [-0.05, 0) is 90.7 Å². The van der Waals surface area contributed by atoms with Gasteiger partial charge in [0, 0.05) is 5.02 Å². The number of nitrogens with zero attached hydrogens (tertiary/aromatic N) is 2. The van der Waals surface area contributed by atoms with Crippen molar-refractivity contribution in [3.63, 3.8) is 0 Å². The van der Waals surface area contributed by atoms with Gasteiger partial charge >= 0.3 is 5.97 Å². The summed E-state index contributed by atoms with van der Waals surface area (Å²) in [6, 6.07) is 18.3. The van der Waals surface area contributed by atoms with Crippen molar-refractivity contribution in [1.29, 1.82) is 0 Å². The van der Waals surface area contributed by atoms with E-state index in [1.807, 2.05) is 74.5 Å². The van der Waals surface area contributed by atoms with Crippen molar-refractivity contribution in [2.45, 2.75) is 40.3 Å². The van der Waals surface area contributed by atoms with E-state index >= 15 is 0 Å². The molecule has 1 aliphatic rings. The number of hydrogen-bond donors (Lipinski definition) is 0. The quantitative estimate of drug-likeness (QED) is 0.189. The summed E-state index contributed by atoms with van der Waals surface area (Å²) in [6.45, 7) is 8.37. The number of aromatic nitrogens is 1. The maximum atomic E-state index is 14.0. The van der Waals surface area contributed by atoms with Crippen molar-refractivity contribution in [3.8, 4) is 11.5 Å². The third kappa shape index (κ3) is 6.64. The van der Waals surface area contributed by atoms with Gasteiger partial charge in [-0.2, -0.15) is 0 Å². The van der Waals surface area contributed by atoms with Crippen LogP contribution in [0.2, 0.25) is 5.02 Å². The van der Waals surface area contributed by atoms with Gasteiger partial charge in [-0.15, -0.1) is 0 Å². The maximum Gasteiger partial charge on any atom is 0.338 e. The van der Waals surface area contributed by atoms with Gasteiger partial charge in [-0.25, -0.2) is 9.79 Å². The van der Waals surface area contributed by atoms with Gasteiger partial charge in [0.25, 0.3) is 5.56 Å². The van der Waals surface area contributed by atoms with Crippen LogP contribution in [0.1, 0.15) is 49.1 Å². The van der Waals surface area contributed by atoms with Gasteiger partial charge in [0.15, 0.2) is 16.3 Å². The molecule has 0 amide bonds. The lowest BCUT2D eigenvalue weighted by atomic mass is 9.95. The Bertz CT molecular complexity index is 1900. The minimum absolute atomic E-state index is 0.219. The second kappa shape index (κ2) is 13.3.